The molecule has 0 radical (unpaired) electrons. The summed E-state index contributed by atoms with van der Waals surface area (Å²) in [6.07, 6.45) is 3.10. The predicted molar refractivity (Wildman–Crippen MR) is 52.0 cm³/mol. The zero-order valence-corrected chi connectivity index (χ0v) is 8.55. The average Bonchev–Trinajstić information content (AvgIpc) is 1.97. The third kappa shape index (κ3) is 3.56. The van der Waals surface area contributed by atoms with Crippen LogP contribution >= 0.6 is 0 Å². The smallest absolute Gasteiger partial charge is 0.223 e. The van der Waals surface area contributed by atoms with Gasteiger partial charge in [-0.1, -0.05) is 6.08 Å². The Hall–Kier alpha value is -0.790. The van der Waals surface area contributed by atoms with Crippen LogP contribution in [0.15, 0.2) is 12.7 Å². The lowest BCUT2D eigenvalue weighted by atomic mass is 10.1. The highest BCUT2D eigenvalue weighted by Crippen LogP contribution is 2.12. The molecule has 0 N–H and O–H groups in total. The van der Waals surface area contributed by atoms with Gasteiger partial charge in [0.2, 0.25) is 5.91 Å². The van der Waals surface area contributed by atoms with E-state index in [9.17, 15) is 4.79 Å². The Labute approximate surface area is 75.3 Å². The summed E-state index contributed by atoms with van der Waals surface area (Å²) in [7, 11) is 1.84. The monoisotopic (exact) mass is 169 g/mol. The maximum absolute atomic E-state index is 11.4. The summed E-state index contributed by atoms with van der Waals surface area (Å²) in [6.45, 7) is 9.66. The molecule has 0 spiro atoms. The van der Waals surface area contributed by atoms with Gasteiger partial charge in [-0.25, -0.2) is 0 Å². The minimum atomic E-state index is -0.0712. The third-order valence-electron chi connectivity index (χ3n) is 1.94. The predicted octanol–water partition coefficient (Wildman–Crippen LogP) is 2.21. The van der Waals surface area contributed by atoms with Gasteiger partial charge in [-0.2, -0.15) is 0 Å². The fourth-order valence-corrected chi connectivity index (χ4v) is 0.767. The van der Waals surface area contributed by atoms with Gasteiger partial charge in [0, 0.05) is 19.0 Å². The molecule has 0 fully saturated rings. The summed E-state index contributed by atoms with van der Waals surface area (Å²) in [5.74, 6) is 0.183. The van der Waals surface area contributed by atoms with Gasteiger partial charge in [0.15, 0.2) is 0 Å². The molecule has 0 aromatic rings. The standard InChI is InChI=1S/C10H19NO/c1-6-7-8-9(12)11(5)10(2,3)4/h6H,1,7-8H2,2-5H3. The van der Waals surface area contributed by atoms with Crippen molar-refractivity contribution in [1.29, 1.82) is 0 Å². The molecule has 2 heteroatoms. The molecule has 0 saturated heterocycles. The number of rotatable bonds is 3. The van der Waals surface area contributed by atoms with Gasteiger partial charge < -0.3 is 4.90 Å². The van der Waals surface area contributed by atoms with Gasteiger partial charge in [-0.15, -0.1) is 6.58 Å². The zero-order valence-electron chi connectivity index (χ0n) is 8.55. The molecule has 12 heavy (non-hydrogen) atoms. The first-order valence-corrected chi connectivity index (χ1v) is 4.27. The van der Waals surface area contributed by atoms with Gasteiger partial charge >= 0.3 is 0 Å². The Morgan fingerprint density at radius 2 is 2.00 bits per heavy atom. The summed E-state index contributed by atoms with van der Waals surface area (Å²) in [6, 6.07) is 0. The van der Waals surface area contributed by atoms with Crippen molar-refractivity contribution in [2.75, 3.05) is 7.05 Å². The molecule has 0 bridgehead atoms. The quantitative estimate of drug-likeness (QED) is 0.593. The van der Waals surface area contributed by atoms with Crippen LogP contribution in [0, 0.1) is 0 Å². The van der Waals surface area contributed by atoms with Gasteiger partial charge in [0.25, 0.3) is 0 Å². The highest BCUT2D eigenvalue weighted by Gasteiger charge is 2.20. The van der Waals surface area contributed by atoms with Crippen LogP contribution in [0.2, 0.25) is 0 Å². The van der Waals surface area contributed by atoms with Crippen molar-refractivity contribution in [1.82, 2.24) is 4.90 Å². The van der Waals surface area contributed by atoms with Gasteiger partial charge in [0.1, 0.15) is 0 Å². The molecular formula is C10H19NO. The zero-order chi connectivity index (χ0) is 9.78. The van der Waals surface area contributed by atoms with Gasteiger partial charge in [-0.05, 0) is 27.2 Å². The molecule has 0 aromatic carbocycles. The molecule has 0 rings (SSSR count). The van der Waals surface area contributed by atoms with Crippen LogP contribution in [-0.4, -0.2) is 23.4 Å². The van der Waals surface area contributed by atoms with E-state index in [0.29, 0.717) is 6.42 Å². The van der Waals surface area contributed by atoms with Crippen molar-refractivity contribution in [3.63, 3.8) is 0 Å². The van der Waals surface area contributed by atoms with E-state index >= 15 is 0 Å². The number of nitrogens with zero attached hydrogens (tertiary/aromatic N) is 1. The van der Waals surface area contributed by atoms with Crippen LogP contribution < -0.4 is 0 Å². The lowest BCUT2D eigenvalue weighted by Crippen LogP contribution is -2.42. The SMILES string of the molecule is C=CCCC(=O)N(C)C(C)(C)C. The van der Waals surface area contributed by atoms with E-state index in [0.717, 1.165) is 6.42 Å². The van der Waals surface area contributed by atoms with Crippen molar-refractivity contribution in [3.8, 4) is 0 Å². The van der Waals surface area contributed by atoms with E-state index in [4.69, 9.17) is 0 Å². The molecule has 70 valence electrons. The molecule has 0 aliphatic rings. The molecular weight excluding hydrogens is 150 g/mol. The summed E-state index contributed by atoms with van der Waals surface area (Å²) < 4.78 is 0. The van der Waals surface area contributed by atoms with E-state index in [-0.39, 0.29) is 11.4 Å². The molecule has 0 heterocycles. The van der Waals surface area contributed by atoms with Gasteiger partial charge in [0.05, 0.1) is 0 Å². The van der Waals surface area contributed by atoms with E-state index in [1.165, 1.54) is 0 Å². The maximum Gasteiger partial charge on any atom is 0.223 e. The molecule has 0 aromatic heterocycles. The fourth-order valence-electron chi connectivity index (χ4n) is 0.767. The Morgan fingerprint density at radius 1 is 1.50 bits per heavy atom. The number of amides is 1. The van der Waals surface area contributed by atoms with Crippen molar-refractivity contribution in [2.45, 2.75) is 39.2 Å². The summed E-state index contributed by atoms with van der Waals surface area (Å²) in [5.41, 5.74) is -0.0712. The van der Waals surface area contributed by atoms with E-state index in [2.05, 4.69) is 6.58 Å². The molecule has 0 unspecified atom stereocenters. The van der Waals surface area contributed by atoms with Crippen LogP contribution in [0.3, 0.4) is 0 Å². The minimum Gasteiger partial charge on any atom is -0.341 e. The Kier molecular flexibility index (Phi) is 4.01. The number of carbonyl (C=O) groups is 1. The van der Waals surface area contributed by atoms with E-state index in [1.807, 2.05) is 27.8 Å². The first kappa shape index (κ1) is 11.2. The maximum atomic E-state index is 11.4. The van der Waals surface area contributed by atoms with Crippen LogP contribution in [0.4, 0.5) is 0 Å². The second-order valence-electron chi connectivity index (χ2n) is 3.95. The number of carbonyl (C=O) groups excluding carboxylic acids is 1. The molecule has 0 atom stereocenters. The fraction of sp³-hybridized carbons (Fsp3) is 0.700. The normalized spacial score (nSPS) is 11.0. The number of hydrogen-bond acceptors (Lipinski definition) is 1. The highest BCUT2D eigenvalue weighted by atomic mass is 16.2. The van der Waals surface area contributed by atoms with Crippen molar-refractivity contribution in [3.05, 3.63) is 12.7 Å². The largest absolute Gasteiger partial charge is 0.341 e. The summed E-state index contributed by atoms with van der Waals surface area (Å²) in [5, 5.41) is 0. The second-order valence-corrected chi connectivity index (χ2v) is 3.95. The Bertz CT molecular complexity index is 167. The topological polar surface area (TPSA) is 20.3 Å². The number of hydrogen-bond donors (Lipinski definition) is 0. The van der Waals surface area contributed by atoms with Crippen LogP contribution in [0.5, 0.6) is 0 Å². The lowest BCUT2D eigenvalue weighted by Gasteiger charge is -2.32. The molecule has 0 aliphatic heterocycles. The van der Waals surface area contributed by atoms with Gasteiger partial charge in [-0.3, -0.25) is 4.79 Å². The lowest BCUT2D eigenvalue weighted by molar-refractivity contribution is -0.133. The first-order chi connectivity index (χ1) is 5.39. The van der Waals surface area contributed by atoms with E-state index in [1.54, 1.807) is 11.0 Å². The van der Waals surface area contributed by atoms with Crippen molar-refractivity contribution >= 4 is 5.91 Å². The molecule has 1 amide bonds. The molecule has 0 aliphatic carbocycles. The molecule has 0 saturated carbocycles. The summed E-state index contributed by atoms with van der Waals surface area (Å²) in [4.78, 5) is 13.2. The van der Waals surface area contributed by atoms with Crippen LogP contribution in [0.1, 0.15) is 33.6 Å². The second kappa shape index (κ2) is 4.29. The Balaban J connectivity index is 4.02. The van der Waals surface area contributed by atoms with E-state index < -0.39 is 0 Å². The minimum absolute atomic E-state index is 0.0712. The average molecular weight is 169 g/mol. The van der Waals surface area contributed by atoms with Crippen molar-refractivity contribution in [2.24, 2.45) is 0 Å². The Morgan fingerprint density at radius 3 is 2.33 bits per heavy atom. The first-order valence-electron chi connectivity index (χ1n) is 4.27. The molecule has 2 nitrogen and oxygen atoms in total. The third-order valence-corrected chi connectivity index (χ3v) is 1.94. The summed E-state index contributed by atoms with van der Waals surface area (Å²) >= 11 is 0. The van der Waals surface area contributed by atoms with Crippen LogP contribution in [-0.2, 0) is 4.79 Å². The highest BCUT2D eigenvalue weighted by molar-refractivity contribution is 5.76. The number of allylic oxidation sites excluding steroid dienone is 1. The van der Waals surface area contributed by atoms with Crippen LogP contribution in [0.25, 0.3) is 0 Å². The van der Waals surface area contributed by atoms with Crippen molar-refractivity contribution < 1.29 is 4.79 Å².